The summed E-state index contributed by atoms with van der Waals surface area (Å²) in [5.41, 5.74) is 6.13. The van der Waals surface area contributed by atoms with Gasteiger partial charge in [0.1, 0.15) is 4.90 Å². The van der Waals surface area contributed by atoms with Crippen LogP contribution in [-0.4, -0.2) is 42.5 Å². The number of nitrogen functional groups attached to an aromatic ring is 1. The third-order valence-corrected chi connectivity index (χ3v) is 2.36. The Morgan fingerprint density at radius 3 is 2.31 bits per heavy atom. The summed E-state index contributed by atoms with van der Waals surface area (Å²) in [7, 11) is -4.18. The average molecular weight is 211 g/mol. The van der Waals surface area contributed by atoms with Crippen molar-refractivity contribution in [2.45, 2.75) is 11.8 Å². The number of hydrogen-bond acceptors (Lipinski definition) is 3. The molecule has 0 saturated carbocycles. The minimum atomic E-state index is -4.18. The Morgan fingerprint density at radius 1 is 1.38 bits per heavy atom. The predicted molar refractivity (Wildman–Crippen MR) is 52.6 cm³/mol. The molecule has 1 aromatic rings. The van der Waals surface area contributed by atoms with Crippen molar-refractivity contribution in [3.8, 4) is 0 Å². The van der Waals surface area contributed by atoms with Gasteiger partial charge in [-0.3, -0.25) is 4.55 Å². The monoisotopic (exact) mass is 211 g/mol. The molecule has 0 aliphatic heterocycles. The maximum atomic E-state index is 10.7. The molecular formula is C7H10NNaO3S. The van der Waals surface area contributed by atoms with Crippen molar-refractivity contribution in [2.75, 3.05) is 5.73 Å². The summed E-state index contributed by atoms with van der Waals surface area (Å²) in [5.74, 6) is 0. The van der Waals surface area contributed by atoms with Crippen LogP contribution in [-0.2, 0) is 10.1 Å². The van der Waals surface area contributed by atoms with E-state index in [0.717, 1.165) is 5.56 Å². The molecule has 0 bridgehead atoms. The molecule has 0 saturated heterocycles. The van der Waals surface area contributed by atoms with Gasteiger partial charge in [-0.25, -0.2) is 0 Å². The van der Waals surface area contributed by atoms with Gasteiger partial charge in [0.05, 0.1) is 5.69 Å². The molecule has 0 amide bonds. The van der Waals surface area contributed by atoms with Gasteiger partial charge >= 0.3 is 29.6 Å². The second-order valence-electron chi connectivity index (χ2n) is 2.52. The second kappa shape index (κ2) is 4.43. The SMILES string of the molecule is Cc1ccc(N)c(S(=O)(=O)O)c1.[NaH]. The van der Waals surface area contributed by atoms with Gasteiger partial charge in [0.2, 0.25) is 0 Å². The van der Waals surface area contributed by atoms with Crippen LogP contribution in [0.25, 0.3) is 0 Å². The first kappa shape index (κ1) is 12.9. The summed E-state index contributed by atoms with van der Waals surface area (Å²) in [4.78, 5) is -0.234. The third-order valence-electron chi connectivity index (χ3n) is 1.45. The zero-order chi connectivity index (χ0) is 9.35. The van der Waals surface area contributed by atoms with Gasteiger partial charge in [0.15, 0.2) is 0 Å². The molecule has 0 fully saturated rings. The van der Waals surface area contributed by atoms with Crippen LogP contribution >= 0.6 is 0 Å². The van der Waals surface area contributed by atoms with E-state index in [-0.39, 0.29) is 40.1 Å². The molecule has 13 heavy (non-hydrogen) atoms. The molecular weight excluding hydrogens is 201 g/mol. The zero-order valence-corrected chi connectivity index (χ0v) is 7.30. The molecule has 0 aliphatic carbocycles. The second-order valence-corrected chi connectivity index (χ2v) is 3.91. The Morgan fingerprint density at radius 2 is 1.92 bits per heavy atom. The number of rotatable bonds is 1. The predicted octanol–water partition coefficient (Wildman–Crippen LogP) is 0.175. The molecule has 0 atom stereocenters. The standard InChI is InChI=1S/C7H9NO3S.Na.H/c1-5-2-3-6(8)7(4-5)12(9,10)11;;/h2-4H,8H2,1H3,(H,9,10,11);;. The Hall–Kier alpha value is -0.0700. The van der Waals surface area contributed by atoms with Gasteiger partial charge in [0.25, 0.3) is 10.1 Å². The van der Waals surface area contributed by atoms with Crippen LogP contribution in [0.2, 0.25) is 0 Å². The molecule has 0 spiro atoms. The molecule has 0 aliphatic rings. The summed E-state index contributed by atoms with van der Waals surface area (Å²) in [6.45, 7) is 1.72. The van der Waals surface area contributed by atoms with Gasteiger partial charge in [0, 0.05) is 0 Å². The average Bonchev–Trinajstić information content (AvgIpc) is 1.92. The number of aryl methyl sites for hydroxylation is 1. The molecule has 4 nitrogen and oxygen atoms in total. The van der Waals surface area contributed by atoms with Crippen LogP contribution in [0.15, 0.2) is 23.1 Å². The van der Waals surface area contributed by atoms with E-state index in [1.54, 1.807) is 13.0 Å². The van der Waals surface area contributed by atoms with Crippen molar-refractivity contribution in [3.63, 3.8) is 0 Å². The molecule has 68 valence electrons. The molecule has 0 unspecified atom stereocenters. The Bertz CT molecular complexity index is 402. The van der Waals surface area contributed by atoms with Gasteiger partial charge in [-0.05, 0) is 24.6 Å². The Kier molecular flexibility index (Phi) is 4.41. The topological polar surface area (TPSA) is 80.4 Å². The van der Waals surface area contributed by atoms with E-state index in [0.29, 0.717) is 0 Å². The van der Waals surface area contributed by atoms with E-state index >= 15 is 0 Å². The third kappa shape index (κ3) is 3.28. The summed E-state index contributed by atoms with van der Waals surface area (Å²) >= 11 is 0. The van der Waals surface area contributed by atoms with Crippen molar-refractivity contribution >= 4 is 45.4 Å². The van der Waals surface area contributed by atoms with Crippen LogP contribution in [0, 0.1) is 6.92 Å². The van der Waals surface area contributed by atoms with Crippen LogP contribution in [0.5, 0.6) is 0 Å². The van der Waals surface area contributed by atoms with E-state index in [1.165, 1.54) is 12.1 Å². The number of hydrogen-bond donors (Lipinski definition) is 2. The first-order chi connectivity index (χ1) is 5.41. The van der Waals surface area contributed by atoms with Crippen molar-refractivity contribution in [3.05, 3.63) is 23.8 Å². The van der Waals surface area contributed by atoms with Crippen molar-refractivity contribution < 1.29 is 13.0 Å². The van der Waals surface area contributed by atoms with Crippen molar-refractivity contribution in [2.24, 2.45) is 0 Å². The normalized spacial score (nSPS) is 10.6. The summed E-state index contributed by atoms with van der Waals surface area (Å²) in [5, 5.41) is 0. The van der Waals surface area contributed by atoms with Crippen LogP contribution in [0.3, 0.4) is 0 Å². The minimum absolute atomic E-state index is 0. The summed E-state index contributed by atoms with van der Waals surface area (Å²) in [6, 6.07) is 4.44. The fraction of sp³-hybridized carbons (Fsp3) is 0.143. The van der Waals surface area contributed by atoms with Crippen molar-refractivity contribution in [1.29, 1.82) is 0 Å². The van der Waals surface area contributed by atoms with Gasteiger partial charge in [-0.1, -0.05) is 6.07 Å². The maximum absolute atomic E-state index is 10.7. The zero-order valence-electron chi connectivity index (χ0n) is 6.48. The van der Waals surface area contributed by atoms with E-state index in [1.807, 2.05) is 0 Å². The van der Waals surface area contributed by atoms with Crippen LogP contribution in [0.4, 0.5) is 5.69 Å². The molecule has 1 aromatic carbocycles. The quantitative estimate of drug-likeness (QED) is 0.394. The Balaban J connectivity index is 0.00000144. The summed E-state index contributed by atoms with van der Waals surface area (Å²) < 4.78 is 30.0. The van der Waals surface area contributed by atoms with Gasteiger partial charge < -0.3 is 5.73 Å². The first-order valence-corrected chi connectivity index (χ1v) is 4.69. The molecule has 0 heterocycles. The van der Waals surface area contributed by atoms with E-state index in [9.17, 15) is 8.42 Å². The molecule has 0 radical (unpaired) electrons. The van der Waals surface area contributed by atoms with Crippen molar-refractivity contribution in [1.82, 2.24) is 0 Å². The number of nitrogens with two attached hydrogens (primary N) is 1. The van der Waals surface area contributed by atoms with Gasteiger partial charge in [-0.2, -0.15) is 8.42 Å². The number of anilines is 1. The molecule has 6 heteroatoms. The fourth-order valence-electron chi connectivity index (χ4n) is 0.865. The van der Waals surface area contributed by atoms with Gasteiger partial charge in [-0.15, -0.1) is 0 Å². The van der Waals surface area contributed by atoms with E-state index in [4.69, 9.17) is 10.3 Å². The summed E-state index contributed by atoms with van der Waals surface area (Å²) in [6.07, 6.45) is 0. The number of benzene rings is 1. The Labute approximate surface area is 99.2 Å². The van der Waals surface area contributed by atoms with Crippen LogP contribution in [0.1, 0.15) is 5.56 Å². The first-order valence-electron chi connectivity index (χ1n) is 3.25. The fourth-order valence-corrected chi connectivity index (χ4v) is 1.57. The van der Waals surface area contributed by atoms with E-state index < -0.39 is 10.1 Å². The molecule has 3 N–H and O–H groups in total. The van der Waals surface area contributed by atoms with Crippen LogP contribution < -0.4 is 5.73 Å². The van der Waals surface area contributed by atoms with E-state index in [2.05, 4.69) is 0 Å². The molecule has 1 rings (SSSR count). The molecule has 0 aromatic heterocycles.